The van der Waals surface area contributed by atoms with Crippen molar-refractivity contribution in [2.45, 2.75) is 20.8 Å². The second-order valence-corrected chi connectivity index (χ2v) is 5.67. The third-order valence-electron chi connectivity index (χ3n) is 2.90. The number of fused-ring (bicyclic) bond motifs is 1. The van der Waals surface area contributed by atoms with Crippen molar-refractivity contribution in [3.8, 4) is 0 Å². The Balaban J connectivity index is 2.60. The van der Waals surface area contributed by atoms with Crippen LogP contribution in [0.25, 0.3) is 10.2 Å². The summed E-state index contributed by atoms with van der Waals surface area (Å²) < 4.78 is 1.15. The molecule has 0 aliphatic rings. The summed E-state index contributed by atoms with van der Waals surface area (Å²) in [6.07, 6.45) is 1.97. The number of aromatic nitrogens is 2. The van der Waals surface area contributed by atoms with Gasteiger partial charge in [-0.25, -0.2) is 4.79 Å². The van der Waals surface area contributed by atoms with Gasteiger partial charge < -0.3 is 5.01 Å². The van der Waals surface area contributed by atoms with Crippen LogP contribution < -0.4 is 16.3 Å². The van der Waals surface area contributed by atoms with Crippen LogP contribution in [0.4, 0.5) is 0 Å². The Hall–Kier alpha value is -1.82. The van der Waals surface area contributed by atoms with E-state index in [0.29, 0.717) is 16.8 Å². The molecule has 6 heteroatoms. The van der Waals surface area contributed by atoms with Gasteiger partial charge in [-0.15, -0.1) is 11.3 Å². The predicted octanol–water partition coefficient (Wildman–Crippen LogP) is 1.59. The lowest BCUT2D eigenvalue weighted by molar-refractivity contribution is 0.633. The molecule has 2 rings (SSSR count). The van der Waals surface area contributed by atoms with Crippen LogP contribution in [0.1, 0.15) is 19.4 Å². The van der Waals surface area contributed by atoms with Crippen molar-refractivity contribution in [1.82, 2.24) is 9.66 Å². The lowest BCUT2D eigenvalue weighted by Crippen LogP contribution is -2.48. The minimum atomic E-state index is -0.399. The van der Waals surface area contributed by atoms with Crippen LogP contribution in [0.3, 0.4) is 0 Å². The van der Waals surface area contributed by atoms with Crippen LogP contribution >= 0.6 is 11.3 Å². The van der Waals surface area contributed by atoms with Crippen molar-refractivity contribution in [3.05, 3.63) is 43.4 Å². The summed E-state index contributed by atoms with van der Waals surface area (Å²) in [4.78, 5) is 27.8. The van der Waals surface area contributed by atoms with Crippen LogP contribution in [-0.2, 0) is 0 Å². The minimum absolute atomic E-state index is 0.262. The molecule has 0 bridgehead atoms. The molecule has 0 aliphatic carbocycles. The average Bonchev–Trinajstić information content (AvgIpc) is 2.68. The smallest absolute Gasteiger partial charge is 0.305 e. The van der Waals surface area contributed by atoms with Crippen LogP contribution in [-0.4, -0.2) is 23.3 Å². The maximum absolute atomic E-state index is 12.4. The van der Waals surface area contributed by atoms with E-state index in [1.54, 1.807) is 12.1 Å². The van der Waals surface area contributed by atoms with Crippen molar-refractivity contribution in [1.29, 1.82) is 0 Å². The maximum Gasteiger partial charge on any atom is 0.348 e. The largest absolute Gasteiger partial charge is 0.348 e. The highest BCUT2D eigenvalue weighted by Crippen LogP contribution is 2.18. The summed E-state index contributed by atoms with van der Waals surface area (Å²) in [6.45, 7) is 6.35. The Bertz CT molecular complexity index is 747. The normalized spacial score (nSPS) is 10.7. The highest BCUT2D eigenvalue weighted by molar-refractivity contribution is 7.16. The van der Waals surface area contributed by atoms with Crippen LogP contribution in [0.5, 0.6) is 0 Å². The molecule has 0 fully saturated rings. The summed E-state index contributed by atoms with van der Waals surface area (Å²) in [6, 6.07) is 0. The number of nitrogens with one attached hydrogen (secondary N) is 1. The van der Waals surface area contributed by atoms with Crippen molar-refractivity contribution in [3.63, 3.8) is 0 Å². The molecule has 0 radical (unpaired) electrons. The quantitative estimate of drug-likeness (QED) is 0.868. The first kappa shape index (κ1) is 13.6. The summed E-state index contributed by atoms with van der Waals surface area (Å²) in [5.41, 5.74) is 1.38. The maximum atomic E-state index is 12.4. The molecule has 0 aromatic carbocycles. The van der Waals surface area contributed by atoms with E-state index in [0.717, 1.165) is 15.8 Å². The molecular formula is C13H17N3O2S. The van der Waals surface area contributed by atoms with Gasteiger partial charge in [0.1, 0.15) is 4.83 Å². The first-order chi connectivity index (χ1) is 8.91. The van der Waals surface area contributed by atoms with Crippen molar-refractivity contribution in [2.24, 2.45) is 0 Å². The fraction of sp³-hybridized carbons (Fsp3) is 0.385. The zero-order valence-corrected chi connectivity index (χ0v) is 12.3. The van der Waals surface area contributed by atoms with E-state index >= 15 is 0 Å². The first-order valence-electron chi connectivity index (χ1n) is 5.99. The van der Waals surface area contributed by atoms with Gasteiger partial charge in [0.15, 0.2) is 0 Å². The molecule has 0 saturated heterocycles. The molecule has 2 aromatic heterocycles. The van der Waals surface area contributed by atoms with E-state index in [1.165, 1.54) is 11.3 Å². The number of allylic oxidation sites excluding steroid dienone is 1. The van der Waals surface area contributed by atoms with Gasteiger partial charge in [-0.05, 0) is 31.7 Å². The Labute approximate surface area is 114 Å². The first-order valence-corrected chi connectivity index (χ1v) is 6.87. The molecule has 19 heavy (non-hydrogen) atoms. The highest BCUT2D eigenvalue weighted by atomic mass is 32.1. The van der Waals surface area contributed by atoms with E-state index in [-0.39, 0.29) is 5.56 Å². The van der Waals surface area contributed by atoms with Gasteiger partial charge in [-0.2, -0.15) is 4.68 Å². The molecule has 0 spiro atoms. The molecule has 2 aromatic rings. The Kier molecular flexibility index (Phi) is 3.61. The molecule has 102 valence electrons. The number of hydrogen-bond acceptors (Lipinski definition) is 4. The number of H-pyrrole nitrogens is 1. The molecular weight excluding hydrogens is 262 g/mol. The number of hydrogen-bond donors (Lipinski definition) is 1. The zero-order valence-electron chi connectivity index (χ0n) is 11.5. The lowest BCUT2D eigenvalue weighted by Gasteiger charge is -2.18. The number of thiophene rings is 1. The van der Waals surface area contributed by atoms with Crippen molar-refractivity contribution >= 4 is 21.6 Å². The summed E-state index contributed by atoms with van der Waals surface area (Å²) in [7, 11) is 1.73. The predicted molar refractivity (Wildman–Crippen MR) is 79.9 cm³/mol. The molecule has 1 N–H and O–H groups in total. The molecule has 2 heterocycles. The number of aromatic amines is 1. The van der Waals surface area contributed by atoms with E-state index in [1.807, 2.05) is 32.2 Å². The van der Waals surface area contributed by atoms with Crippen molar-refractivity contribution in [2.75, 3.05) is 18.6 Å². The van der Waals surface area contributed by atoms with E-state index < -0.39 is 5.69 Å². The second-order valence-electron chi connectivity index (χ2n) is 4.79. The standard InChI is InChI=1S/C13H17N3O2S/c1-8(2)5-6-15(4)16-12(17)10-9(3)7-19-11(10)14-13(16)18/h5,7H,6H2,1-4H3,(H,14,18). The molecule has 0 aliphatic heterocycles. The average molecular weight is 279 g/mol. The van der Waals surface area contributed by atoms with Gasteiger partial charge in [0, 0.05) is 7.05 Å². The molecule has 0 amide bonds. The van der Waals surface area contributed by atoms with E-state index in [9.17, 15) is 9.59 Å². The fourth-order valence-corrected chi connectivity index (χ4v) is 2.78. The number of nitrogens with zero attached hydrogens (tertiary/aromatic N) is 2. The van der Waals surface area contributed by atoms with Gasteiger partial charge in [-0.1, -0.05) is 11.6 Å². The van der Waals surface area contributed by atoms with E-state index in [4.69, 9.17) is 0 Å². The number of likely N-dealkylation sites (N-methyl/N-ethyl adjacent to an activating group) is 1. The summed E-state index contributed by atoms with van der Waals surface area (Å²) in [5.74, 6) is 0. The highest BCUT2D eigenvalue weighted by Gasteiger charge is 2.13. The molecule has 0 atom stereocenters. The second kappa shape index (κ2) is 5.05. The van der Waals surface area contributed by atoms with Gasteiger partial charge in [0.05, 0.1) is 11.9 Å². The summed E-state index contributed by atoms with van der Waals surface area (Å²) in [5, 5.41) is 4.08. The Morgan fingerprint density at radius 2 is 2.16 bits per heavy atom. The van der Waals surface area contributed by atoms with Gasteiger partial charge in [-0.3, -0.25) is 9.78 Å². The monoisotopic (exact) mass is 279 g/mol. The topological polar surface area (TPSA) is 58.1 Å². The fourth-order valence-electron chi connectivity index (χ4n) is 1.86. The van der Waals surface area contributed by atoms with Gasteiger partial charge >= 0.3 is 5.69 Å². The van der Waals surface area contributed by atoms with Gasteiger partial charge in [0.25, 0.3) is 5.56 Å². The molecule has 5 nitrogen and oxygen atoms in total. The minimum Gasteiger partial charge on any atom is -0.305 e. The SMILES string of the molecule is CC(C)=CCN(C)n1c(=O)[nH]c2scc(C)c2c1=O. The lowest BCUT2D eigenvalue weighted by atomic mass is 10.3. The number of aryl methyl sites for hydroxylation is 1. The van der Waals surface area contributed by atoms with Crippen LogP contribution in [0.2, 0.25) is 0 Å². The summed E-state index contributed by atoms with van der Waals surface area (Å²) >= 11 is 1.38. The van der Waals surface area contributed by atoms with Crippen molar-refractivity contribution < 1.29 is 0 Å². The van der Waals surface area contributed by atoms with Crippen LogP contribution in [0, 0.1) is 6.92 Å². The zero-order chi connectivity index (χ0) is 14.2. The third-order valence-corrected chi connectivity index (χ3v) is 3.91. The van der Waals surface area contributed by atoms with Gasteiger partial charge in [0.2, 0.25) is 0 Å². The molecule has 0 saturated carbocycles. The van der Waals surface area contributed by atoms with E-state index in [2.05, 4.69) is 4.98 Å². The Morgan fingerprint density at radius 3 is 2.79 bits per heavy atom. The molecule has 0 unspecified atom stereocenters. The Morgan fingerprint density at radius 1 is 1.47 bits per heavy atom. The third kappa shape index (κ3) is 2.49. The number of rotatable bonds is 3. The van der Waals surface area contributed by atoms with Crippen LogP contribution in [0.15, 0.2) is 26.6 Å².